The Morgan fingerprint density at radius 2 is 1.76 bits per heavy atom. The molecule has 0 atom stereocenters. The van der Waals surface area contributed by atoms with Crippen molar-refractivity contribution in [2.24, 2.45) is 0 Å². The Bertz CT molecular complexity index is 669. The van der Waals surface area contributed by atoms with E-state index in [4.69, 9.17) is 0 Å². The summed E-state index contributed by atoms with van der Waals surface area (Å²) in [6, 6.07) is 12.6. The molecule has 0 aromatic heterocycles. The van der Waals surface area contributed by atoms with Crippen LogP contribution in [0.1, 0.15) is 42.3 Å². The molecule has 0 heterocycles. The lowest BCUT2D eigenvalue weighted by Gasteiger charge is -2.23. The topological polar surface area (TPSA) is 49.3 Å². The highest BCUT2D eigenvalue weighted by Gasteiger charge is 2.19. The normalized spacial score (nSPS) is 11.2. The van der Waals surface area contributed by atoms with Crippen LogP contribution in [-0.2, 0) is 5.41 Å². The van der Waals surface area contributed by atoms with E-state index in [1.54, 1.807) is 12.1 Å². The molecule has 0 fully saturated rings. The molecule has 1 amide bonds. The molecule has 2 aromatic carbocycles. The number of benzene rings is 2. The number of hydrogen-bond acceptors (Lipinski definition) is 2. The molecule has 3 heteroatoms. The average Bonchev–Trinajstić information content (AvgIpc) is 2.37. The lowest BCUT2D eigenvalue weighted by Crippen LogP contribution is -2.19. The van der Waals surface area contributed by atoms with E-state index in [0.29, 0.717) is 5.56 Å². The van der Waals surface area contributed by atoms with Gasteiger partial charge in [-0.05, 0) is 47.7 Å². The molecule has 0 bridgehead atoms. The maximum Gasteiger partial charge on any atom is 0.255 e. The van der Waals surface area contributed by atoms with Crippen LogP contribution in [0.2, 0.25) is 0 Å². The molecule has 0 spiro atoms. The lowest BCUT2D eigenvalue weighted by molar-refractivity contribution is 0.102. The van der Waals surface area contributed by atoms with Gasteiger partial charge in [0.2, 0.25) is 0 Å². The first-order valence-electron chi connectivity index (χ1n) is 6.99. The molecule has 0 saturated carbocycles. The minimum Gasteiger partial charge on any atom is -0.508 e. The molecule has 21 heavy (non-hydrogen) atoms. The van der Waals surface area contributed by atoms with Crippen LogP contribution in [0.4, 0.5) is 5.69 Å². The molecule has 3 nitrogen and oxygen atoms in total. The molecule has 0 aliphatic rings. The number of hydrogen-bond donors (Lipinski definition) is 2. The SMILES string of the molecule is Cc1cc(O)ccc1C(=O)Nc1ccccc1C(C)(C)C. The third kappa shape index (κ3) is 3.43. The van der Waals surface area contributed by atoms with Crippen molar-refractivity contribution < 1.29 is 9.90 Å². The number of amides is 1. The lowest BCUT2D eigenvalue weighted by atomic mass is 9.86. The van der Waals surface area contributed by atoms with Gasteiger partial charge in [-0.3, -0.25) is 4.79 Å². The number of anilines is 1. The number of phenols is 1. The summed E-state index contributed by atoms with van der Waals surface area (Å²) in [5.41, 5.74) is 3.18. The van der Waals surface area contributed by atoms with Crippen LogP contribution in [0.3, 0.4) is 0 Å². The quantitative estimate of drug-likeness (QED) is 0.865. The zero-order chi connectivity index (χ0) is 15.6. The molecule has 0 radical (unpaired) electrons. The van der Waals surface area contributed by atoms with Crippen molar-refractivity contribution in [1.29, 1.82) is 0 Å². The molecule has 0 saturated heterocycles. The van der Waals surface area contributed by atoms with E-state index in [0.717, 1.165) is 16.8 Å². The van der Waals surface area contributed by atoms with E-state index in [1.165, 1.54) is 6.07 Å². The first-order valence-corrected chi connectivity index (χ1v) is 6.99. The van der Waals surface area contributed by atoms with Gasteiger partial charge < -0.3 is 10.4 Å². The molecule has 0 unspecified atom stereocenters. The van der Waals surface area contributed by atoms with Crippen molar-refractivity contribution in [3.05, 3.63) is 59.2 Å². The Morgan fingerprint density at radius 3 is 2.38 bits per heavy atom. The summed E-state index contributed by atoms with van der Waals surface area (Å²) >= 11 is 0. The van der Waals surface area contributed by atoms with Crippen LogP contribution in [0, 0.1) is 6.92 Å². The summed E-state index contributed by atoms with van der Waals surface area (Å²) in [6.07, 6.45) is 0. The van der Waals surface area contributed by atoms with Crippen molar-refractivity contribution in [3.8, 4) is 5.75 Å². The zero-order valence-corrected chi connectivity index (χ0v) is 12.9. The van der Waals surface area contributed by atoms with Gasteiger partial charge in [0.05, 0.1) is 0 Å². The maximum atomic E-state index is 12.4. The van der Waals surface area contributed by atoms with E-state index in [2.05, 4.69) is 26.1 Å². The number of carbonyl (C=O) groups excluding carboxylic acids is 1. The van der Waals surface area contributed by atoms with E-state index >= 15 is 0 Å². The molecular weight excluding hydrogens is 262 g/mol. The second-order valence-corrected chi connectivity index (χ2v) is 6.25. The number of para-hydroxylation sites is 1. The average molecular weight is 283 g/mol. The Balaban J connectivity index is 2.32. The Kier molecular flexibility index (Phi) is 4.03. The van der Waals surface area contributed by atoms with Crippen LogP contribution in [0.15, 0.2) is 42.5 Å². The molecule has 0 aliphatic carbocycles. The highest BCUT2D eigenvalue weighted by Crippen LogP contribution is 2.29. The van der Waals surface area contributed by atoms with Gasteiger partial charge in [-0.1, -0.05) is 39.0 Å². The number of aryl methyl sites for hydroxylation is 1. The molecular formula is C18H21NO2. The first kappa shape index (κ1) is 15.1. The Hall–Kier alpha value is -2.29. The van der Waals surface area contributed by atoms with Crippen LogP contribution < -0.4 is 5.32 Å². The Labute approximate surface area is 125 Å². The molecule has 0 aliphatic heterocycles. The summed E-state index contributed by atoms with van der Waals surface area (Å²) < 4.78 is 0. The van der Waals surface area contributed by atoms with E-state index < -0.39 is 0 Å². The second kappa shape index (κ2) is 5.60. The van der Waals surface area contributed by atoms with E-state index in [-0.39, 0.29) is 17.1 Å². The van der Waals surface area contributed by atoms with Crippen molar-refractivity contribution in [2.75, 3.05) is 5.32 Å². The predicted octanol–water partition coefficient (Wildman–Crippen LogP) is 4.25. The minimum atomic E-state index is -0.163. The number of nitrogens with one attached hydrogen (secondary N) is 1. The minimum absolute atomic E-state index is 0.0477. The predicted molar refractivity (Wildman–Crippen MR) is 85.9 cm³/mol. The second-order valence-electron chi connectivity index (χ2n) is 6.25. The molecule has 2 rings (SSSR count). The number of phenolic OH excluding ortho intramolecular Hbond substituents is 1. The third-order valence-corrected chi connectivity index (χ3v) is 3.44. The summed E-state index contributed by atoms with van der Waals surface area (Å²) in [4.78, 5) is 12.4. The molecule has 2 aromatic rings. The highest BCUT2D eigenvalue weighted by atomic mass is 16.3. The number of carbonyl (C=O) groups is 1. The smallest absolute Gasteiger partial charge is 0.255 e. The van der Waals surface area contributed by atoms with Crippen molar-refractivity contribution in [2.45, 2.75) is 33.1 Å². The van der Waals surface area contributed by atoms with Gasteiger partial charge in [-0.2, -0.15) is 0 Å². The molecule has 110 valence electrons. The van der Waals surface area contributed by atoms with Crippen molar-refractivity contribution in [3.63, 3.8) is 0 Å². The van der Waals surface area contributed by atoms with Gasteiger partial charge in [0.1, 0.15) is 5.75 Å². The summed E-state index contributed by atoms with van der Waals surface area (Å²) in [7, 11) is 0. The standard InChI is InChI=1S/C18H21NO2/c1-12-11-13(20)9-10-14(12)17(21)19-16-8-6-5-7-15(16)18(2,3)4/h5-11,20H,1-4H3,(H,19,21). The van der Waals surface area contributed by atoms with Crippen molar-refractivity contribution >= 4 is 11.6 Å². The summed E-state index contributed by atoms with van der Waals surface area (Å²) in [6.45, 7) is 8.15. The van der Waals surface area contributed by atoms with Gasteiger partial charge >= 0.3 is 0 Å². The first-order chi connectivity index (χ1) is 9.79. The number of aromatic hydroxyl groups is 1. The van der Waals surface area contributed by atoms with Crippen LogP contribution >= 0.6 is 0 Å². The summed E-state index contributed by atoms with van der Waals surface area (Å²) in [5, 5.41) is 12.4. The summed E-state index contributed by atoms with van der Waals surface area (Å²) in [5.74, 6) is 0.00309. The Morgan fingerprint density at radius 1 is 1.10 bits per heavy atom. The van der Waals surface area contributed by atoms with E-state index in [9.17, 15) is 9.90 Å². The third-order valence-electron chi connectivity index (χ3n) is 3.44. The van der Waals surface area contributed by atoms with Gasteiger partial charge in [0.15, 0.2) is 0 Å². The fourth-order valence-corrected chi connectivity index (χ4v) is 2.34. The fourth-order valence-electron chi connectivity index (χ4n) is 2.34. The van der Waals surface area contributed by atoms with Crippen LogP contribution in [-0.4, -0.2) is 11.0 Å². The van der Waals surface area contributed by atoms with Gasteiger partial charge in [-0.15, -0.1) is 0 Å². The number of rotatable bonds is 2. The molecule has 2 N–H and O–H groups in total. The van der Waals surface area contributed by atoms with Gasteiger partial charge in [0.25, 0.3) is 5.91 Å². The van der Waals surface area contributed by atoms with Crippen LogP contribution in [0.25, 0.3) is 0 Å². The highest BCUT2D eigenvalue weighted by molar-refractivity contribution is 6.05. The van der Waals surface area contributed by atoms with E-state index in [1.807, 2.05) is 31.2 Å². The van der Waals surface area contributed by atoms with Gasteiger partial charge in [-0.25, -0.2) is 0 Å². The maximum absolute atomic E-state index is 12.4. The van der Waals surface area contributed by atoms with Gasteiger partial charge in [0, 0.05) is 11.3 Å². The fraction of sp³-hybridized carbons (Fsp3) is 0.278. The van der Waals surface area contributed by atoms with Crippen LogP contribution in [0.5, 0.6) is 5.75 Å². The van der Waals surface area contributed by atoms with Crippen molar-refractivity contribution in [1.82, 2.24) is 0 Å². The monoisotopic (exact) mass is 283 g/mol. The zero-order valence-electron chi connectivity index (χ0n) is 12.9. The largest absolute Gasteiger partial charge is 0.508 e.